The number of aliphatic hydroxyl groups is 6. The van der Waals surface area contributed by atoms with Crippen LogP contribution in [0.15, 0.2) is 0 Å². The Labute approximate surface area is 127 Å². The summed E-state index contributed by atoms with van der Waals surface area (Å²) in [5.41, 5.74) is 0. The Kier molecular flexibility index (Phi) is 6.11. The fourth-order valence-corrected chi connectivity index (χ4v) is 2.64. The Morgan fingerprint density at radius 3 is 2.27 bits per heavy atom. The Morgan fingerprint density at radius 2 is 1.64 bits per heavy atom. The van der Waals surface area contributed by atoms with Gasteiger partial charge >= 0.3 is 0 Å². The molecule has 0 amide bonds. The molecule has 130 valence electrons. The monoisotopic (exact) mass is 324 g/mol. The molecular formula is C13H24O9. The predicted octanol–water partition coefficient (Wildman–Crippen LogP) is -3.30. The van der Waals surface area contributed by atoms with Crippen LogP contribution in [0.1, 0.15) is 13.3 Å². The van der Waals surface area contributed by atoms with E-state index < -0.39 is 55.1 Å². The molecule has 9 heteroatoms. The van der Waals surface area contributed by atoms with E-state index >= 15 is 0 Å². The van der Waals surface area contributed by atoms with Crippen molar-refractivity contribution in [2.45, 2.75) is 68.5 Å². The van der Waals surface area contributed by atoms with Gasteiger partial charge in [-0.05, 0) is 6.92 Å². The molecule has 0 aliphatic carbocycles. The molecule has 0 unspecified atom stereocenters. The maximum Gasteiger partial charge on any atom is 0.186 e. The molecule has 2 aliphatic heterocycles. The second-order valence-electron chi connectivity index (χ2n) is 5.79. The van der Waals surface area contributed by atoms with Crippen molar-refractivity contribution in [1.29, 1.82) is 0 Å². The molecule has 6 N–H and O–H groups in total. The van der Waals surface area contributed by atoms with Crippen molar-refractivity contribution in [3.63, 3.8) is 0 Å². The van der Waals surface area contributed by atoms with E-state index in [4.69, 9.17) is 19.3 Å². The molecule has 2 aliphatic rings. The summed E-state index contributed by atoms with van der Waals surface area (Å²) in [5, 5.41) is 57.7. The smallest absolute Gasteiger partial charge is 0.186 e. The topological polar surface area (TPSA) is 149 Å². The Balaban J connectivity index is 1.91. The maximum absolute atomic E-state index is 9.86. The summed E-state index contributed by atoms with van der Waals surface area (Å²) in [7, 11) is 0. The molecule has 0 aromatic carbocycles. The normalized spacial score (nSPS) is 50.0. The quantitative estimate of drug-likeness (QED) is 0.313. The van der Waals surface area contributed by atoms with Crippen LogP contribution in [-0.2, 0) is 14.2 Å². The lowest BCUT2D eigenvalue weighted by Crippen LogP contribution is -2.58. The molecule has 2 heterocycles. The van der Waals surface area contributed by atoms with Crippen LogP contribution in [0.25, 0.3) is 0 Å². The first-order valence-corrected chi connectivity index (χ1v) is 7.28. The van der Waals surface area contributed by atoms with Crippen molar-refractivity contribution < 1.29 is 44.8 Å². The van der Waals surface area contributed by atoms with Crippen LogP contribution < -0.4 is 0 Å². The second kappa shape index (κ2) is 7.47. The fourth-order valence-electron chi connectivity index (χ4n) is 2.64. The molecular weight excluding hydrogens is 300 g/mol. The highest BCUT2D eigenvalue weighted by Crippen LogP contribution is 2.24. The van der Waals surface area contributed by atoms with Crippen molar-refractivity contribution in [3.8, 4) is 0 Å². The zero-order valence-corrected chi connectivity index (χ0v) is 12.2. The van der Waals surface area contributed by atoms with E-state index in [1.54, 1.807) is 6.92 Å². The third-order valence-electron chi connectivity index (χ3n) is 4.08. The van der Waals surface area contributed by atoms with Crippen LogP contribution in [0.5, 0.6) is 0 Å². The van der Waals surface area contributed by atoms with Crippen molar-refractivity contribution in [1.82, 2.24) is 0 Å². The minimum atomic E-state index is -1.37. The third-order valence-corrected chi connectivity index (χ3v) is 4.08. The lowest BCUT2D eigenvalue weighted by molar-refractivity contribution is -0.291. The zero-order valence-electron chi connectivity index (χ0n) is 12.2. The Hall–Kier alpha value is -0.360. The average Bonchev–Trinajstić information content (AvgIpc) is 2.50. The van der Waals surface area contributed by atoms with Gasteiger partial charge in [0.15, 0.2) is 6.29 Å². The van der Waals surface area contributed by atoms with E-state index in [9.17, 15) is 25.5 Å². The molecule has 0 aromatic heterocycles. The van der Waals surface area contributed by atoms with Crippen LogP contribution in [0.4, 0.5) is 0 Å². The SMILES string of the molecule is C[C@H]1O[C@H](CO[C@H]2O[C@H](CO)C[C@H](O)[C@@H]2O)[C@@H](O)[C@H](O)[C@@H]1O. The van der Waals surface area contributed by atoms with Gasteiger partial charge in [0.1, 0.15) is 30.5 Å². The summed E-state index contributed by atoms with van der Waals surface area (Å²) in [6.07, 6.45) is -9.70. The minimum Gasteiger partial charge on any atom is -0.394 e. The van der Waals surface area contributed by atoms with Gasteiger partial charge in [0.05, 0.1) is 31.5 Å². The van der Waals surface area contributed by atoms with Gasteiger partial charge in [-0.25, -0.2) is 0 Å². The summed E-state index contributed by atoms with van der Waals surface area (Å²) in [5.74, 6) is 0. The predicted molar refractivity (Wildman–Crippen MR) is 70.7 cm³/mol. The molecule has 0 saturated carbocycles. The van der Waals surface area contributed by atoms with Gasteiger partial charge in [0.2, 0.25) is 0 Å². The number of hydrogen-bond donors (Lipinski definition) is 6. The molecule has 2 rings (SSSR count). The van der Waals surface area contributed by atoms with Crippen LogP contribution >= 0.6 is 0 Å². The van der Waals surface area contributed by atoms with Crippen molar-refractivity contribution in [2.24, 2.45) is 0 Å². The summed E-state index contributed by atoms with van der Waals surface area (Å²) >= 11 is 0. The van der Waals surface area contributed by atoms with Crippen LogP contribution in [0.3, 0.4) is 0 Å². The Bertz CT molecular complexity index is 348. The number of hydrogen-bond acceptors (Lipinski definition) is 9. The zero-order chi connectivity index (χ0) is 16.4. The molecule has 0 aromatic rings. The van der Waals surface area contributed by atoms with Gasteiger partial charge in [-0.1, -0.05) is 0 Å². The van der Waals surface area contributed by atoms with Crippen molar-refractivity contribution in [2.75, 3.05) is 13.2 Å². The summed E-state index contributed by atoms with van der Waals surface area (Å²) < 4.78 is 16.0. The number of rotatable bonds is 4. The van der Waals surface area contributed by atoms with Crippen molar-refractivity contribution >= 4 is 0 Å². The molecule has 0 radical (unpaired) electrons. The Morgan fingerprint density at radius 1 is 0.955 bits per heavy atom. The number of ether oxygens (including phenoxy) is 3. The fraction of sp³-hybridized carbons (Fsp3) is 1.00. The molecule has 22 heavy (non-hydrogen) atoms. The summed E-state index contributed by atoms with van der Waals surface area (Å²) in [6, 6.07) is 0. The minimum absolute atomic E-state index is 0.0853. The highest BCUT2D eigenvalue weighted by atomic mass is 16.7. The third kappa shape index (κ3) is 3.75. The van der Waals surface area contributed by atoms with Crippen molar-refractivity contribution in [3.05, 3.63) is 0 Å². The van der Waals surface area contributed by atoms with Gasteiger partial charge in [-0.2, -0.15) is 0 Å². The van der Waals surface area contributed by atoms with Gasteiger partial charge < -0.3 is 44.8 Å². The molecule has 0 bridgehead atoms. The average molecular weight is 324 g/mol. The van der Waals surface area contributed by atoms with E-state index in [1.165, 1.54) is 0 Å². The van der Waals surface area contributed by atoms with E-state index in [2.05, 4.69) is 0 Å². The lowest BCUT2D eigenvalue weighted by Gasteiger charge is -2.41. The molecule has 9 atom stereocenters. The van der Waals surface area contributed by atoms with Gasteiger partial charge in [-0.15, -0.1) is 0 Å². The molecule has 9 nitrogen and oxygen atoms in total. The van der Waals surface area contributed by atoms with E-state index in [0.717, 1.165) is 0 Å². The van der Waals surface area contributed by atoms with Crippen LogP contribution in [0.2, 0.25) is 0 Å². The second-order valence-corrected chi connectivity index (χ2v) is 5.79. The first-order chi connectivity index (χ1) is 10.3. The van der Waals surface area contributed by atoms with Gasteiger partial charge in [0.25, 0.3) is 0 Å². The molecule has 2 fully saturated rings. The van der Waals surface area contributed by atoms with Crippen LogP contribution in [-0.4, -0.2) is 99.0 Å². The van der Waals surface area contributed by atoms with Crippen LogP contribution in [0, 0.1) is 0 Å². The van der Waals surface area contributed by atoms with Gasteiger partial charge in [0, 0.05) is 6.42 Å². The maximum atomic E-state index is 9.86. The molecule has 0 spiro atoms. The lowest BCUT2D eigenvalue weighted by atomic mass is 9.96. The largest absolute Gasteiger partial charge is 0.394 e. The molecule has 2 saturated heterocycles. The van der Waals surface area contributed by atoms with E-state index in [1.807, 2.05) is 0 Å². The van der Waals surface area contributed by atoms with E-state index in [-0.39, 0.29) is 19.6 Å². The number of aliphatic hydroxyl groups excluding tert-OH is 6. The van der Waals surface area contributed by atoms with E-state index in [0.29, 0.717) is 0 Å². The highest BCUT2D eigenvalue weighted by molar-refractivity contribution is 4.91. The summed E-state index contributed by atoms with van der Waals surface area (Å²) in [6.45, 7) is 1.00. The standard InChI is InChI=1S/C13H24O9/c1-5-9(16)12(19)11(18)8(21-5)4-20-13-10(17)7(15)2-6(3-14)22-13/h5-19H,2-4H2,1H3/t5-,6+,7+,8-,9-,10+,11-,12-,13+/m1/s1. The summed E-state index contributed by atoms with van der Waals surface area (Å²) in [4.78, 5) is 0. The van der Waals surface area contributed by atoms with Gasteiger partial charge in [-0.3, -0.25) is 0 Å². The highest BCUT2D eigenvalue weighted by Gasteiger charge is 2.43. The first kappa shape index (κ1) is 18.0. The first-order valence-electron chi connectivity index (χ1n) is 7.28.